The van der Waals surface area contributed by atoms with Gasteiger partial charge in [-0.2, -0.15) is 0 Å². The van der Waals surface area contributed by atoms with E-state index in [9.17, 15) is 13.2 Å². The Balaban J connectivity index is 1.85. The lowest BCUT2D eigenvalue weighted by atomic mass is 10.0. The highest BCUT2D eigenvalue weighted by Crippen LogP contribution is 2.20. The Morgan fingerprint density at radius 2 is 1.86 bits per heavy atom. The minimum Gasteiger partial charge on any atom is -0.462 e. The van der Waals surface area contributed by atoms with Crippen LogP contribution in [0.5, 0.6) is 0 Å². The zero-order valence-corrected chi connectivity index (χ0v) is 14.0. The highest BCUT2D eigenvalue weighted by Gasteiger charge is 2.24. The number of sulfone groups is 1. The van der Waals surface area contributed by atoms with Crippen molar-refractivity contribution in [1.82, 2.24) is 0 Å². The molecule has 0 spiro atoms. The van der Waals surface area contributed by atoms with Gasteiger partial charge in [0, 0.05) is 10.6 Å². The van der Waals surface area contributed by atoms with Crippen LogP contribution in [-0.2, 0) is 19.4 Å². The molecule has 2 rings (SSSR count). The molecule has 120 valence electrons. The maximum Gasteiger partial charge on any atom is 0.333 e. The predicted octanol–water partition coefficient (Wildman–Crippen LogP) is 3.11. The number of hydrogen-bond donors (Lipinski definition) is 0. The zero-order chi connectivity index (χ0) is 16.2. The topological polar surface area (TPSA) is 60.4 Å². The van der Waals surface area contributed by atoms with Gasteiger partial charge >= 0.3 is 5.97 Å². The van der Waals surface area contributed by atoms with Gasteiger partial charge in [0.2, 0.25) is 0 Å². The maximum absolute atomic E-state index is 11.9. The lowest BCUT2D eigenvalue weighted by molar-refractivity contribution is -0.140. The molecule has 1 heterocycles. The first kappa shape index (κ1) is 17.0. The standard InChI is InChI=1S/C16H19ClO4S/c1-12(10-13-2-4-15(17)5-3-13)16(18)21-11-14-6-8-22(19,20)9-7-14/h2-5,10,14H,6-9,11H2,1H3. The highest BCUT2D eigenvalue weighted by atomic mass is 35.5. The van der Waals surface area contributed by atoms with Crippen molar-refractivity contribution in [3.05, 3.63) is 40.4 Å². The SMILES string of the molecule is CC(=Cc1ccc(Cl)cc1)C(=O)OCC1CCS(=O)(=O)CC1. The van der Waals surface area contributed by atoms with Gasteiger partial charge in [-0.05, 0) is 49.5 Å². The van der Waals surface area contributed by atoms with E-state index in [1.165, 1.54) is 0 Å². The number of rotatable bonds is 4. The molecule has 0 radical (unpaired) electrons. The molecular formula is C16H19ClO4S. The van der Waals surface area contributed by atoms with Crippen molar-refractivity contribution in [2.75, 3.05) is 18.1 Å². The molecule has 1 aromatic rings. The predicted molar refractivity (Wildman–Crippen MR) is 87.4 cm³/mol. The summed E-state index contributed by atoms with van der Waals surface area (Å²) in [6.45, 7) is 1.97. The molecule has 22 heavy (non-hydrogen) atoms. The molecular weight excluding hydrogens is 324 g/mol. The zero-order valence-electron chi connectivity index (χ0n) is 12.4. The summed E-state index contributed by atoms with van der Waals surface area (Å²) in [5, 5.41) is 0.643. The fourth-order valence-electron chi connectivity index (χ4n) is 2.28. The van der Waals surface area contributed by atoms with Gasteiger partial charge in [-0.15, -0.1) is 0 Å². The Morgan fingerprint density at radius 3 is 2.45 bits per heavy atom. The second-order valence-corrected chi connectivity index (χ2v) is 8.31. The third-order valence-corrected chi connectivity index (χ3v) is 5.67. The van der Waals surface area contributed by atoms with Gasteiger partial charge in [0.1, 0.15) is 9.84 Å². The number of benzene rings is 1. The van der Waals surface area contributed by atoms with E-state index >= 15 is 0 Å². The molecule has 1 aliphatic rings. The summed E-state index contributed by atoms with van der Waals surface area (Å²) in [6, 6.07) is 7.17. The van der Waals surface area contributed by atoms with Crippen molar-refractivity contribution in [1.29, 1.82) is 0 Å². The molecule has 6 heteroatoms. The minimum atomic E-state index is -2.88. The molecule has 4 nitrogen and oxygen atoms in total. The van der Waals surface area contributed by atoms with E-state index in [0.29, 0.717) is 23.4 Å². The molecule has 0 atom stereocenters. The van der Waals surface area contributed by atoms with Gasteiger partial charge in [-0.1, -0.05) is 23.7 Å². The summed E-state index contributed by atoms with van der Waals surface area (Å²) in [6.07, 6.45) is 2.87. The third kappa shape index (κ3) is 5.14. The molecule has 0 N–H and O–H groups in total. The monoisotopic (exact) mass is 342 g/mol. The second-order valence-electron chi connectivity index (χ2n) is 5.57. The van der Waals surface area contributed by atoms with E-state index in [-0.39, 0.29) is 30.0 Å². The number of carbonyl (C=O) groups excluding carboxylic acids is 1. The molecule has 1 aliphatic heterocycles. The summed E-state index contributed by atoms with van der Waals surface area (Å²) in [5.41, 5.74) is 1.38. The van der Waals surface area contributed by atoms with Crippen molar-refractivity contribution in [3.63, 3.8) is 0 Å². The average molecular weight is 343 g/mol. The molecule has 1 fully saturated rings. The van der Waals surface area contributed by atoms with E-state index in [4.69, 9.17) is 16.3 Å². The van der Waals surface area contributed by atoms with Crippen LogP contribution in [0.25, 0.3) is 6.08 Å². The molecule has 0 bridgehead atoms. The van der Waals surface area contributed by atoms with Crippen molar-refractivity contribution < 1.29 is 17.9 Å². The Bertz CT molecular complexity index is 648. The third-order valence-electron chi connectivity index (χ3n) is 3.70. The number of carbonyl (C=O) groups is 1. The van der Waals surface area contributed by atoms with Crippen molar-refractivity contribution in [2.24, 2.45) is 5.92 Å². The smallest absolute Gasteiger partial charge is 0.333 e. The molecule has 0 aliphatic carbocycles. The van der Waals surface area contributed by atoms with E-state index in [1.807, 2.05) is 12.1 Å². The van der Waals surface area contributed by atoms with Crippen LogP contribution in [0.1, 0.15) is 25.3 Å². The van der Waals surface area contributed by atoms with E-state index in [1.54, 1.807) is 25.1 Å². The lowest BCUT2D eigenvalue weighted by Gasteiger charge is -2.21. The second kappa shape index (κ2) is 7.29. The van der Waals surface area contributed by atoms with Crippen LogP contribution in [0.15, 0.2) is 29.8 Å². The van der Waals surface area contributed by atoms with Gasteiger partial charge in [-0.25, -0.2) is 13.2 Å². The van der Waals surface area contributed by atoms with Gasteiger partial charge in [0.05, 0.1) is 18.1 Å². The van der Waals surface area contributed by atoms with Crippen LogP contribution in [0.4, 0.5) is 0 Å². The summed E-state index contributed by atoms with van der Waals surface area (Å²) in [4.78, 5) is 11.9. The molecule has 1 aromatic carbocycles. The lowest BCUT2D eigenvalue weighted by Crippen LogP contribution is -2.27. The molecule has 0 saturated carbocycles. The highest BCUT2D eigenvalue weighted by molar-refractivity contribution is 7.91. The Morgan fingerprint density at radius 1 is 1.27 bits per heavy atom. The molecule has 0 amide bonds. The Kier molecular flexibility index (Phi) is 5.64. The van der Waals surface area contributed by atoms with Crippen LogP contribution in [0.2, 0.25) is 5.02 Å². The fraction of sp³-hybridized carbons (Fsp3) is 0.438. The quantitative estimate of drug-likeness (QED) is 0.623. The number of ether oxygens (including phenoxy) is 1. The fourth-order valence-corrected chi connectivity index (χ4v) is 4.00. The summed E-state index contributed by atoms with van der Waals surface area (Å²) in [7, 11) is -2.88. The number of halogens is 1. The Labute approximate surface area is 136 Å². The molecule has 0 unspecified atom stereocenters. The average Bonchev–Trinajstić information content (AvgIpc) is 2.48. The van der Waals surface area contributed by atoms with Crippen LogP contribution < -0.4 is 0 Å². The van der Waals surface area contributed by atoms with Gasteiger partial charge in [0.25, 0.3) is 0 Å². The first-order chi connectivity index (χ1) is 10.4. The first-order valence-corrected chi connectivity index (χ1v) is 9.37. The number of hydrogen-bond acceptors (Lipinski definition) is 4. The van der Waals surface area contributed by atoms with Gasteiger partial charge in [0.15, 0.2) is 0 Å². The van der Waals surface area contributed by atoms with E-state index in [0.717, 1.165) is 5.56 Å². The largest absolute Gasteiger partial charge is 0.462 e. The van der Waals surface area contributed by atoms with Crippen molar-refractivity contribution >= 4 is 33.5 Å². The minimum absolute atomic E-state index is 0.135. The van der Waals surface area contributed by atoms with Crippen molar-refractivity contribution in [2.45, 2.75) is 19.8 Å². The Hall–Kier alpha value is -1.33. The van der Waals surface area contributed by atoms with Crippen LogP contribution in [-0.4, -0.2) is 32.5 Å². The van der Waals surface area contributed by atoms with Gasteiger partial charge < -0.3 is 4.74 Å². The summed E-state index contributed by atoms with van der Waals surface area (Å²) < 4.78 is 28.0. The van der Waals surface area contributed by atoms with E-state index < -0.39 is 9.84 Å². The summed E-state index contributed by atoms with van der Waals surface area (Å²) >= 11 is 5.81. The number of esters is 1. The van der Waals surface area contributed by atoms with Crippen LogP contribution in [0.3, 0.4) is 0 Å². The van der Waals surface area contributed by atoms with Crippen molar-refractivity contribution in [3.8, 4) is 0 Å². The molecule has 1 saturated heterocycles. The van der Waals surface area contributed by atoms with Gasteiger partial charge in [-0.3, -0.25) is 0 Å². The van der Waals surface area contributed by atoms with Crippen LogP contribution in [0, 0.1) is 5.92 Å². The van der Waals surface area contributed by atoms with Crippen LogP contribution >= 0.6 is 11.6 Å². The maximum atomic E-state index is 11.9. The normalized spacial score (nSPS) is 18.9. The summed E-state index contributed by atoms with van der Waals surface area (Å²) in [5.74, 6) is 0.142. The first-order valence-electron chi connectivity index (χ1n) is 7.17. The molecule has 0 aromatic heterocycles. The van der Waals surface area contributed by atoms with E-state index in [2.05, 4.69) is 0 Å².